The summed E-state index contributed by atoms with van der Waals surface area (Å²) in [7, 11) is 1.61. The van der Waals surface area contributed by atoms with Crippen molar-refractivity contribution in [1.82, 2.24) is 9.97 Å². The third kappa shape index (κ3) is 3.96. The Bertz CT molecular complexity index is 481. The Balaban J connectivity index is 2.23. The van der Waals surface area contributed by atoms with E-state index in [2.05, 4.69) is 20.6 Å². The summed E-state index contributed by atoms with van der Waals surface area (Å²) in [6, 6.07) is 1.46. The number of hydrogen-bond acceptors (Lipinski definition) is 5. The fourth-order valence-corrected chi connectivity index (χ4v) is 2.48. The molecular formula is C13H19F3N4O. The normalized spacial score (nSPS) is 22.3. The first kappa shape index (κ1) is 15.8. The fourth-order valence-electron chi connectivity index (χ4n) is 2.48. The molecule has 5 nitrogen and oxygen atoms in total. The molecule has 1 fully saturated rings. The molecule has 118 valence electrons. The van der Waals surface area contributed by atoms with Crippen LogP contribution in [0.25, 0.3) is 0 Å². The molecule has 0 aromatic carbocycles. The predicted molar refractivity (Wildman–Crippen MR) is 73.3 cm³/mol. The number of anilines is 2. The molecule has 0 saturated heterocycles. The Morgan fingerprint density at radius 1 is 1.29 bits per heavy atom. The van der Waals surface area contributed by atoms with E-state index in [1.54, 1.807) is 14.0 Å². The number of alkyl halides is 3. The van der Waals surface area contributed by atoms with Crippen LogP contribution in [-0.2, 0) is 10.9 Å². The predicted octanol–water partition coefficient (Wildman–Crippen LogP) is 2.91. The summed E-state index contributed by atoms with van der Waals surface area (Å²) in [6.07, 6.45) is -1.85. The third-order valence-corrected chi connectivity index (χ3v) is 3.43. The summed E-state index contributed by atoms with van der Waals surface area (Å²) in [5.41, 5.74) is 0. The molecule has 2 N–H and O–H groups in total. The average molecular weight is 304 g/mol. The maximum Gasteiger partial charge on any atom is 0.451 e. The zero-order chi connectivity index (χ0) is 15.5. The lowest BCUT2D eigenvalue weighted by molar-refractivity contribution is -0.144. The van der Waals surface area contributed by atoms with Gasteiger partial charge in [-0.15, -0.1) is 0 Å². The van der Waals surface area contributed by atoms with Crippen LogP contribution in [0.1, 0.15) is 32.0 Å². The smallest absolute Gasteiger partial charge is 0.379 e. The van der Waals surface area contributed by atoms with Gasteiger partial charge in [0.15, 0.2) is 0 Å². The summed E-state index contributed by atoms with van der Waals surface area (Å²) >= 11 is 0. The van der Waals surface area contributed by atoms with Gasteiger partial charge in [-0.05, 0) is 26.2 Å². The van der Waals surface area contributed by atoms with E-state index in [1.165, 1.54) is 6.07 Å². The van der Waals surface area contributed by atoms with Gasteiger partial charge in [0.2, 0.25) is 5.82 Å². The molecule has 1 aromatic rings. The molecule has 0 radical (unpaired) electrons. The van der Waals surface area contributed by atoms with Gasteiger partial charge in [-0.2, -0.15) is 13.2 Å². The first-order valence-electron chi connectivity index (χ1n) is 6.93. The lowest BCUT2D eigenvalue weighted by Crippen LogP contribution is -2.30. The van der Waals surface area contributed by atoms with Crippen molar-refractivity contribution in [3.63, 3.8) is 0 Å². The van der Waals surface area contributed by atoms with Crippen molar-refractivity contribution < 1.29 is 17.9 Å². The summed E-state index contributed by atoms with van der Waals surface area (Å²) in [4.78, 5) is 7.07. The Labute approximate surface area is 121 Å². The molecule has 1 aliphatic carbocycles. The van der Waals surface area contributed by atoms with Gasteiger partial charge in [0.25, 0.3) is 0 Å². The third-order valence-electron chi connectivity index (χ3n) is 3.43. The van der Waals surface area contributed by atoms with Crippen LogP contribution < -0.4 is 10.6 Å². The maximum absolute atomic E-state index is 12.8. The molecule has 2 rings (SSSR count). The van der Waals surface area contributed by atoms with Crippen molar-refractivity contribution in [3.8, 4) is 0 Å². The van der Waals surface area contributed by atoms with Gasteiger partial charge in [-0.3, -0.25) is 0 Å². The lowest BCUT2D eigenvalue weighted by atomic mass is 10.2. The SMILES string of the molecule is CCNc1cc(NC2CCCC2OC)nc(C(F)(F)F)n1. The summed E-state index contributed by atoms with van der Waals surface area (Å²) in [6.45, 7) is 2.28. The standard InChI is InChI=1S/C13H19F3N4O/c1-3-17-10-7-11(20-12(19-10)13(14,15)16)18-8-5-4-6-9(8)21-2/h7-9H,3-6H2,1-2H3,(H2,17,18,19,20). The quantitative estimate of drug-likeness (QED) is 0.876. The van der Waals surface area contributed by atoms with E-state index in [0.29, 0.717) is 6.54 Å². The van der Waals surface area contributed by atoms with E-state index in [9.17, 15) is 13.2 Å². The van der Waals surface area contributed by atoms with Gasteiger partial charge in [0, 0.05) is 19.7 Å². The lowest BCUT2D eigenvalue weighted by Gasteiger charge is -2.21. The molecule has 0 bridgehead atoms. The van der Waals surface area contributed by atoms with Gasteiger partial charge in [-0.25, -0.2) is 9.97 Å². The zero-order valence-corrected chi connectivity index (χ0v) is 12.0. The Hall–Kier alpha value is -1.57. The molecule has 0 spiro atoms. The summed E-state index contributed by atoms with van der Waals surface area (Å²) in [5, 5.41) is 5.83. The van der Waals surface area contributed by atoms with Gasteiger partial charge in [-0.1, -0.05) is 0 Å². The van der Waals surface area contributed by atoms with E-state index in [0.717, 1.165) is 19.3 Å². The first-order chi connectivity index (χ1) is 9.94. The van der Waals surface area contributed by atoms with Gasteiger partial charge in [0.1, 0.15) is 11.6 Å². The number of methoxy groups -OCH3 is 1. The largest absolute Gasteiger partial charge is 0.451 e. The van der Waals surface area contributed by atoms with Gasteiger partial charge in [0.05, 0.1) is 12.1 Å². The van der Waals surface area contributed by atoms with Crippen molar-refractivity contribution in [2.45, 2.75) is 44.5 Å². The molecule has 0 aliphatic heterocycles. The van der Waals surface area contributed by atoms with E-state index in [-0.39, 0.29) is 23.8 Å². The second kappa shape index (κ2) is 6.46. The van der Waals surface area contributed by atoms with Gasteiger partial charge < -0.3 is 15.4 Å². The average Bonchev–Trinajstić information content (AvgIpc) is 2.85. The molecule has 1 aromatic heterocycles. The van der Waals surface area contributed by atoms with Crippen molar-refractivity contribution in [3.05, 3.63) is 11.9 Å². The summed E-state index contributed by atoms with van der Waals surface area (Å²) in [5.74, 6) is -0.813. The number of hydrogen-bond donors (Lipinski definition) is 2. The molecule has 21 heavy (non-hydrogen) atoms. The van der Waals surface area contributed by atoms with E-state index >= 15 is 0 Å². The monoisotopic (exact) mass is 304 g/mol. The summed E-state index contributed by atoms with van der Waals surface area (Å²) < 4.78 is 43.8. The van der Waals surface area contributed by atoms with Crippen LogP contribution >= 0.6 is 0 Å². The second-order valence-corrected chi connectivity index (χ2v) is 4.95. The number of nitrogens with one attached hydrogen (secondary N) is 2. The van der Waals surface area contributed by atoms with Crippen LogP contribution in [-0.4, -0.2) is 35.8 Å². The number of nitrogens with zero attached hydrogens (tertiary/aromatic N) is 2. The minimum absolute atomic E-state index is 0.00288. The molecule has 1 saturated carbocycles. The Morgan fingerprint density at radius 3 is 2.62 bits per heavy atom. The highest BCUT2D eigenvalue weighted by Gasteiger charge is 2.36. The van der Waals surface area contributed by atoms with Gasteiger partial charge >= 0.3 is 6.18 Å². The highest BCUT2D eigenvalue weighted by molar-refractivity contribution is 5.48. The molecule has 1 aliphatic rings. The number of rotatable bonds is 5. The van der Waals surface area contributed by atoms with Crippen LogP contribution in [0, 0.1) is 0 Å². The van der Waals surface area contributed by atoms with Crippen molar-refractivity contribution in [2.24, 2.45) is 0 Å². The Morgan fingerprint density at radius 2 is 2.00 bits per heavy atom. The Kier molecular flexibility index (Phi) is 4.87. The van der Waals surface area contributed by atoms with Crippen molar-refractivity contribution in [1.29, 1.82) is 0 Å². The van der Waals surface area contributed by atoms with Crippen molar-refractivity contribution in [2.75, 3.05) is 24.3 Å². The fraction of sp³-hybridized carbons (Fsp3) is 0.692. The van der Waals surface area contributed by atoms with Crippen LogP contribution in [0.2, 0.25) is 0 Å². The van der Waals surface area contributed by atoms with Crippen LogP contribution in [0.4, 0.5) is 24.8 Å². The van der Waals surface area contributed by atoms with E-state index in [4.69, 9.17) is 4.74 Å². The topological polar surface area (TPSA) is 59.1 Å². The number of halogens is 3. The van der Waals surface area contributed by atoms with Crippen LogP contribution in [0.3, 0.4) is 0 Å². The number of ether oxygens (including phenoxy) is 1. The minimum Gasteiger partial charge on any atom is -0.379 e. The van der Waals surface area contributed by atoms with Crippen LogP contribution in [0.15, 0.2) is 6.07 Å². The van der Waals surface area contributed by atoms with Crippen molar-refractivity contribution >= 4 is 11.6 Å². The first-order valence-corrected chi connectivity index (χ1v) is 6.93. The molecule has 1 heterocycles. The van der Waals surface area contributed by atoms with Crippen LogP contribution in [0.5, 0.6) is 0 Å². The maximum atomic E-state index is 12.8. The highest BCUT2D eigenvalue weighted by Crippen LogP contribution is 2.30. The molecule has 8 heteroatoms. The van der Waals surface area contributed by atoms with E-state index in [1.807, 2.05) is 0 Å². The minimum atomic E-state index is -4.57. The molecule has 0 amide bonds. The second-order valence-electron chi connectivity index (χ2n) is 4.95. The zero-order valence-electron chi connectivity index (χ0n) is 12.0. The molecule has 2 unspecified atom stereocenters. The highest BCUT2D eigenvalue weighted by atomic mass is 19.4. The van der Waals surface area contributed by atoms with E-state index < -0.39 is 12.0 Å². The number of aromatic nitrogens is 2. The molecular weight excluding hydrogens is 285 g/mol. The molecule has 2 atom stereocenters.